The normalized spacial score (nSPS) is 14.8. The molecule has 1 aromatic carbocycles. The van der Waals surface area contributed by atoms with Crippen LogP contribution in [0.3, 0.4) is 0 Å². The van der Waals surface area contributed by atoms with Crippen molar-refractivity contribution < 1.29 is 9.90 Å². The first-order valence-electron chi connectivity index (χ1n) is 7.42. The van der Waals surface area contributed by atoms with Gasteiger partial charge in [-0.05, 0) is 56.2 Å². The number of carbonyl (C=O) groups is 1. The lowest BCUT2D eigenvalue weighted by atomic mass is 9.90. The first kappa shape index (κ1) is 15.0. The van der Waals surface area contributed by atoms with Crippen molar-refractivity contribution in [2.45, 2.75) is 51.5 Å². The summed E-state index contributed by atoms with van der Waals surface area (Å²) in [6.45, 7) is 3.72. The monoisotopic (exact) mass is 275 g/mol. The molecule has 0 fully saturated rings. The fraction of sp³-hybridized carbons (Fsp3) is 0.588. The first-order chi connectivity index (χ1) is 9.44. The molecule has 0 unspecified atom stereocenters. The van der Waals surface area contributed by atoms with Crippen molar-refractivity contribution in [2.24, 2.45) is 0 Å². The molecule has 20 heavy (non-hydrogen) atoms. The van der Waals surface area contributed by atoms with E-state index < -0.39 is 5.54 Å². The van der Waals surface area contributed by atoms with Crippen molar-refractivity contribution in [2.75, 3.05) is 13.7 Å². The lowest BCUT2D eigenvalue weighted by Gasteiger charge is -2.34. The Balaban J connectivity index is 2.08. The van der Waals surface area contributed by atoms with E-state index in [-0.39, 0.29) is 12.5 Å². The number of fused-ring (bicyclic) bond motifs is 1. The van der Waals surface area contributed by atoms with Crippen LogP contribution in [0.15, 0.2) is 18.2 Å². The number of carbonyl (C=O) groups excluding carboxylic acids is 1. The number of nitrogens with zero attached hydrogens (tertiary/aromatic N) is 1. The summed E-state index contributed by atoms with van der Waals surface area (Å²) in [5.41, 5.74) is 3.42. The molecule has 3 heteroatoms. The average Bonchev–Trinajstić information content (AvgIpc) is 2.46. The fourth-order valence-corrected chi connectivity index (χ4v) is 2.63. The Bertz CT molecular complexity index is 494. The molecule has 1 aromatic rings. The molecule has 2 rings (SSSR count). The maximum atomic E-state index is 12.3. The third kappa shape index (κ3) is 3.21. The summed E-state index contributed by atoms with van der Waals surface area (Å²) in [4.78, 5) is 13.9. The van der Waals surface area contributed by atoms with Crippen molar-refractivity contribution >= 4 is 5.91 Å². The number of benzene rings is 1. The molecule has 0 aliphatic heterocycles. The molecule has 1 N–H and O–H groups in total. The summed E-state index contributed by atoms with van der Waals surface area (Å²) < 4.78 is 0. The molecule has 0 spiro atoms. The Hall–Kier alpha value is -1.35. The highest BCUT2D eigenvalue weighted by molar-refractivity contribution is 5.79. The molecule has 0 bridgehead atoms. The van der Waals surface area contributed by atoms with Crippen LogP contribution in [0.2, 0.25) is 0 Å². The van der Waals surface area contributed by atoms with Gasteiger partial charge in [0, 0.05) is 7.05 Å². The Kier molecular flexibility index (Phi) is 4.48. The zero-order valence-electron chi connectivity index (χ0n) is 12.8. The molecule has 0 aromatic heterocycles. The standard InChI is InChI=1S/C17H25NO2/c1-17(2,12-19)18(3)16(20)11-13-8-9-14-6-4-5-7-15(14)10-13/h8-10,19H,4-7,11-12H2,1-3H3. The van der Waals surface area contributed by atoms with Crippen LogP contribution in [0.1, 0.15) is 43.4 Å². The van der Waals surface area contributed by atoms with Crippen LogP contribution in [0.4, 0.5) is 0 Å². The summed E-state index contributed by atoms with van der Waals surface area (Å²) in [5.74, 6) is 0.0554. The predicted molar refractivity (Wildman–Crippen MR) is 80.7 cm³/mol. The molecule has 0 radical (unpaired) electrons. The summed E-state index contributed by atoms with van der Waals surface area (Å²) in [5, 5.41) is 9.34. The summed E-state index contributed by atoms with van der Waals surface area (Å²) >= 11 is 0. The van der Waals surface area contributed by atoms with E-state index in [0.29, 0.717) is 6.42 Å². The van der Waals surface area contributed by atoms with E-state index in [0.717, 1.165) is 12.0 Å². The second-order valence-corrected chi connectivity index (χ2v) is 6.41. The number of aliphatic hydroxyl groups is 1. The molecule has 1 aliphatic carbocycles. The third-order valence-electron chi connectivity index (χ3n) is 4.44. The van der Waals surface area contributed by atoms with Gasteiger partial charge in [0.25, 0.3) is 0 Å². The minimum absolute atomic E-state index is 0.0283. The van der Waals surface area contributed by atoms with Crippen molar-refractivity contribution in [3.8, 4) is 0 Å². The van der Waals surface area contributed by atoms with Gasteiger partial charge >= 0.3 is 0 Å². The highest BCUT2D eigenvalue weighted by Crippen LogP contribution is 2.23. The van der Waals surface area contributed by atoms with Gasteiger partial charge in [0.05, 0.1) is 18.6 Å². The van der Waals surface area contributed by atoms with E-state index in [1.54, 1.807) is 11.9 Å². The smallest absolute Gasteiger partial charge is 0.227 e. The van der Waals surface area contributed by atoms with Gasteiger partial charge in [-0.25, -0.2) is 0 Å². The Morgan fingerprint density at radius 2 is 1.90 bits per heavy atom. The average molecular weight is 275 g/mol. The predicted octanol–water partition coefficient (Wildman–Crippen LogP) is 2.34. The molecular formula is C17H25NO2. The van der Waals surface area contributed by atoms with Crippen LogP contribution in [0.25, 0.3) is 0 Å². The number of hydrogen-bond acceptors (Lipinski definition) is 2. The lowest BCUT2D eigenvalue weighted by molar-refractivity contribution is -0.135. The number of aliphatic hydroxyl groups excluding tert-OH is 1. The highest BCUT2D eigenvalue weighted by atomic mass is 16.3. The van der Waals surface area contributed by atoms with Gasteiger partial charge in [-0.2, -0.15) is 0 Å². The van der Waals surface area contributed by atoms with Gasteiger partial charge in [0.15, 0.2) is 0 Å². The highest BCUT2D eigenvalue weighted by Gasteiger charge is 2.26. The first-order valence-corrected chi connectivity index (χ1v) is 7.42. The quantitative estimate of drug-likeness (QED) is 0.916. The number of rotatable bonds is 4. The van der Waals surface area contributed by atoms with Crippen molar-refractivity contribution in [1.29, 1.82) is 0 Å². The minimum Gasteiger partial charge on any atom is -0.394 e. The summed E-state index contributed by atoms with van der Waals surface area (Å²) in [7, 11) is 1.76. The van der Waals surface area contributed by atoms with Gasteiger partial charge in [-0.3, -0.25) is 4.79 Å². The number of likely N-dealkylation sites (N-methyl/N-ethyl adjacent to an activating group) is 1. The van der Waals surface area contributed by atoms with Gasteiger partial charge < -0.3 is 10.0 Å². The number of hydrogen-bond donors (Lipinski definition) is 1. The Labute approximate surface area is 121 Å². The topological polar surface area (TPSA) is 40.5 Å². The largest absolute Gasteiger partial charge is 0.394 e. The van der Waals surface area contributed by atoms with Crippen LogP contribution >= 0.6 is 0 Å². The molecular weight excluding hydrogens is 250 g/mol. The van der Waals surface area contributed by atoms with Gasteiger partial charge in [-0.15, -0.1) is 0 Å². The third-order valence-corrected chi connectivity index (χ3v) is 4.44. The van der Waals surface area contributed by atoms with Gasteiger partial charge in [-0.1, -0.05) is 18.2 Å². The maximum Gasteiger partial charge on any atom is 0.227 e. The van der Waals surface area contributed by atoms with Gasteiger partial charge in [0.1, 0.15) is 0 Å². The molecule has 0 heterocycles. The molecule has 0 atom stereocenters. The SMILES string of the molecule is CN(C(=O)Cc1ccc2c(c1)CCCC2)C(C)(C)CO. The van der Waals surface area contributed by atoms with Crippen molar-refractivity contribution in [3.05, 3.63) is 34.9 Å². The second kappa shape index (κ2) is 5.96. The van der Waals surface area contributed by atoms with E-state index in [1.807, 2.05) is 13.8 Å². The summed E-state index contributed by atoms with van der Waals surface area (Å²) in [6, 6.07) is 6.43. The molecule has 1 amide bonds. The summed E-state index contributed by atoms with van der Waals surface area (Å²) in [6.07, 6.45) is 5.24. The van der Waals surface area contributed by atoms with Crippen molar-refractivity contribution in [3.63, 3.8) is 0 Å². The van der Waals surface area contributed by atoms with E-state index in [2.05, 4.69) is 18.2 Å². The van der Waals surface area contributed by atoms with Crippen LogP contribution in [-0.4, -0.2) is 35.1 Å². The van der Waals surface area contributed by atoms with Crippen LogP contribution in [-0.2, 0) is 24.1 Å². The molecule has 0 saturated carbocycles. The van der Waals surface area contributed by atoms with E-state index >= 15 is 0 Å². The van der Waals surface area contributed by atoms with Crippen LogP contribution < -0.4 is 0 Å². The van der Waals surface area contributed by atoms with Crippen molar-refractivity contribution in [1.82, 2.24) is 4.90 Å². The minimum atomic E-state index is -0.509. The van der Waals surface area contributed by atoms with E-state index in [9.17, 15) is 9.90 Å². The van der Waals surface area contributed by atoms with E-state index in [4.69, 9.17) is 0 Å². The maximum absolute atomic E-state index is 12.3. The Morgan fingerprint density at radius 1 is 1.25 bits per heavy atom. The lowest BCUT2D eigenvalue weighted by Crippen LogP contribution is -2.48. The molecule has 110 valence electrons. The second-order valence-electron chi connectivity index (χ2n) is 6.41. The van der Waals surface area contributed by atoms with Crippen LogP contribution in [0, 0.1) is 0 Å². The number of amides is 1. The Morgan fingerprint density at radius 3 is 2.55 bits per heavy atom. The van der Waals surface area contributed by atoms with E-state index in [1.165, 1.54) is 30.4 Å². The molecule has 1 aliphatic rings. The molecule has 0 saturated heterocycles. The zero-order chi connectivity index (χ0) is 14.8. The van der Waals surface area contributed by atoms with Crippen LogP contribution in [0.5, 0.6) is 0 Å². The molecule has 3 nitrogen and oxygen atoms in total. The number of aryl methyl sites for hydroxylation is 2. The van der Waals surface area contributed by atoms with Gasteiger partial charge in [0.2, 0.25) is 5.91 Å². The zero-order valence-corrected chi connectivity index (χ0v) is 12.8. The fourth-order valence-electron chi connectivity index (χ4n) is 2.63.